The standard InChI is InChI=1S/C4H11N3OS/c5-9(6,8)7-3-1-2-4-7/h1-4H2,(H3,5,6,8). The van der Waals surface area contributed by atoms with E-state index in [1.807, 2.05) is 0 Å². The number of hydrogen-bond donors (Lipinski definition) is 2. The van der Waals surface area contributed by atoms with Crippen LogP contribution < -0.4 is 5.14 Å². The van der Waals surface area contributed by atoms with Crippen molar-refractivity contribution in [1.29, 1.82) is 4.78 Å². The molecule has 54 valence electrons. The summed E-state index contributed by atoms with van der Waals surface area (Å²) in [6, 6.07) is 0. The molecule has 0 bridgehead atoms. The van der Waals surface area contributed by atoms with Crippen molar-refractivity contribution in [1.82, 2.24) is 4.31 Å². The monoisotopic (exact) mass is 149 g/mol. The van der Waals surface area contributed by atoms with Crippen LogP contribution >= 0.6 is 0 Å². The van der Waals surface area contributed by atoms with Crippen molar-refractivity contribution < 1.29 is 4.21 Å². The Morgan fingerprint density at radius 1 is 1.44 bits per heavy atom. The first kappa shape index (κ1) is 6.98. The van der Waals surface area contributed by atoms with Gasteiger partial charge >= 0.3 is 0 Å². The molecule has 5 heteroatoms. The molecule has 0 aliphatic carbocycles. The summed E-state index contributed by atoms with van der Waals surface area (Å²) >= 11 is 0. The molecule has 1 aliphatic rings. The summed E-state index contributed by atoms with van der Waals surface area (Å²) in [6.45, 7) is 1.44. The number of nitrogens with one attached hydrogen (secondary N) is 1. The highest BCUT2D eigenvalue weighted by atomic mass is 32.2. The number of hydrogen-bond acceptors (Lipinski definition) is 2. The van der Waals surface area contributed by atoms with Gasteiger partial charge in [-0.05, 0) is 12.8 Å². The zero-order chi connectivity index (χ0) is 6.91. The fourth-order valence-corrected chi connectivity index (χ4v) is 1.76. The van der Waals surface area contributed by atoms with E-state index in [-0.39, 0.29) is 0 Å². The molecule has 1 unspecified atom stereocenters. The predicted molar refractivity (Wildman–Crippen MR) is 35.9 cm³/mol. The molecule has 0 aromatic heterocycles. The highest BCUT2D eigenvalue weighted by Gasteiger charge is 2.17. The lowest BCUT2D eigenvalue weighted by molar-refractivity contribution is 0.526. The molecular formula is C4H11N3OS. The van der Waals surface area contributed by atoms with Crippen LogP contribution in [0.15, 0.2) is 0 Å². The molecule has 0 saturated carbocycles. The van der Waals surface area contributed by atoms with Crippen LogP contribution in [0, 0.1) is 4.78 Å². The second kappa shape index (κ2) is 2.24. The summed E-state index contributed by atoms with van der Waals surface area (Å²) in [6.07, 6.45) is 2.04. The third-order valence-electron chi connectivity index (χ3n) is 1.45. The minimum atomic E-state index is -2.87. The average molecular weight is 149 g/mol. The molecule has 1 rings (SSSR count). The van der Waals surface area contributed by atoms with Crippen LogP contribution in [0.4, 0.5) is 0 Å². The maximum absolute atomic E-state index is 10.8. The van der Waals surface area contributed by atoms with Gasteiger partial charge in [-0.3, -0.25) is 0 Å². The molecule has 1 atom stereocenters. The van der Waals surface area contributed by atoms with E-state index in [0.29, 0.717) is 0 Å². The van der Waals surface area contributed by atoms with Crippen LogP contribution in [0.5, 0.6) is 0 Å². The zero-order valence-corrected chi connectivity index (χ0v) is 5.99. The van der Waals surface area contributed by atoms with Gasteiger partial charge in [-0.2, -0.15) is 0 Å². The van der Waals surface area contributed by atoms with Gasteiger partial charge in [-0.25, -0.2) is 18.4 Å². The van der Waals surface area contributed by atoms with Crippen LogP contribution in [0.1, 0.15) is 12.8 Å². The summed E-state index contributed by atoms with van der Waals surface area (Å²) in [4.78, 5) is 0. The molecule has 1 heterocycles. The molecule has 0 aromatic rings. The molecule has 0 aromatic carbocycles. The van der Waals surface area contributed by atoms with Gasteiger partial charge in [0.25, 0.3) is 0 Å². The lowest BCUT2D eigenvalue weighted by Gasteiger charge is -2.12. The Morgan fingerprint density at radius 3 is 2.11 bits per heavy atom. The van der Waals surface area contributed by atoms with Crippen LogP contribution in [-0.2, 0) is 10.1 Å². The molecule has 1 aliphatic heterocycles. The number of rotatable bonds is 1. The third-order valence-corrected chi connectivity index (χ3v) is 2.58. The maximum atomic E-state index is 10.8. The van der Waals surface area contributed by atoms with E-state index in [1.54, 1.807) is 0 Å². The minimum Gasteiger partial charge on any atom is -0.232 e. The van der Waals surface area contributed by atoms with Crippen molar-refractivity contribution in [3.05, 3.63) is 0 Å². The second-order valence-electron chi connectivity index (χ2n) is 2.20. The van der Waals surface area contributed by atoms with Gasteiger partial charge in [-0.1, -0.05) is 0 Å². The highest BCUT2D eigenvalue weighted by Crippen LogP contribution is 2.09. The first-order chi connectivity index (χ1) is 4.11. The maximum Gasteiger partial charge on any atom is 0.169 e. The van der Waals surface area contributed by atoms with Crippen molar-refractivity contribution in [2.24, 2.45) is 5.14 Å². The SMILES string of the molecule is N=S(N)(=O)N1CCCC1. The Hall–Kier alpha value is -0.130. The van der Waals surface area contributed by atoms with E-state index in [0.717, 1.165) is 25.9 Å². The fourth-order valence-electron chi connectivity index (χ4n) is 0.959. The number of nitrogens with zero attached hydrogens (tertiary/aromatic N) is 1. The van der Waals surface area contributed by atoms with E-state index >= 15 is 0 Å². The van der Waals surface area contributed by atoms with Crippen molar-refractivity contribution in [2.45, 2.75) is 12.8 Å². The second-order valence-corrected chi connectivity index (χ2v) is 3.86. The predicted octanol–water partition coefficient (Wildman–Crippen LogP) is -0.0823. The minimum absolute atomic E-state index is 0.721. The normalized spacial score (nSPS) is 28.1. The van der Waals surface area contributed by atoms with Gasteiger partial charge in [0.2, 0.25) is 0 Å². The summed E-state index contributed by atoms with van der Waals surface area (Å²) in [5, 5.41) is 5.06. The van der Waals surface area contributed by atoms with Gasteiger partial charge in [0, 0.05) is 13.1 Å². The first-order valence-corrected chi connectivity index (χ1v) is 4.50. The van der Waals surface area contributed by atoms with Gasteiger partial charge in [0.15, 0.2) is 10.1 Å². The lowest BCUT2D eigenvalue weighted by atomic mass is 10.4. The van der Waals surface area contributed by atoms with E-state index < -0.39 is 10.1 Å². The van der Waals surface area contributed by atoms with Gasteiger partial charge < -0.3 is 0 Å². The lowest BCUT2D eigenvalue weighted by Crippen LogP contribution is -2.32. The van der Waals surface area contributed by atoms with Crippen molar-refractivity contribution >= 4 is 10.1 Å². The summed E-state index contributed by atoms with van der Waals surface area (Å²) in [5.41, 5.74) is 0. The molecule has 3 N–H and O–H groups in total. The summed E-state index contributed by atoms with van der Waals surface area (Å²) < 4.78 is 19.2. The molecule has 1 fully saturated rings. The third kappa shape index (κ3) is 1.64. The molecule has 0 amide bonds. The van der Waals surface area contributed by atoms with E-state index in [1.165, 1.54) is 4.31 Å². The van der Waals surface area contributed by atoms with E-state index in [9.17, 15) is 4.21 Å². The number of nitrogens with two attached hydrogens (primary N) is 1. The van der Waals surface area contributed by atoms with Gasteiger partial charge in [0.05, 0.1) is 0 Å². The highest BCUT2D eigenvalue weighted by molar-refractivity contribution is 7.87. The van der Waals surface area contributed by atoms with Crippen LogP contribution in [0.3, 0.4) is 0 Å². The van der Waals surface area contributed by atoms with Crippen LogP contribution in [0.2, 0.25) is 0 Å². The van der Waals surface area contributed by atoms with Crippen molar-refractivity contribution in [3.8, 4) is 0 Å². The van der Waals surface area contributed by atoms with Gasteiger partial charge in [0.1, 0.15) is 0 Å². The van der Waals surface area contributed by atoms with Crippen LogP contribution in [0.25, 0.3) is 0 Å². The van der Waals surface area contributed by atoms with Gasteiger partial charge in [-0.15, -0.1) is 0 Å². The zero-order valence-electron chi connectivity index (χ0n) is 5.17. The molecular weight excluding hydrogens is 138 g/mol. The Morgan fingerprint density at radius 2 is 1.89 bits per heavy atom. The molecule has 4 nitrogen and oxygen atoms in total. The first-order valence-electron chi connectivity index (χ1n) is 2.92. The van der Waals surface area contributed by atoms with Crippen molar-refractivity contribution in [3.63, 3.8) is 0 Å². The smallest absolute Gasteiger partial charge is 0.169 e. The molecule has 0 radical (unpaired) electrons. The Balaban J connectivity index is 2.63. The molecule has 0 spiro atoms. The molecule has 1 saturated heterocycles. The van der Waals surface area contributed by atoms with Crippen molar-refractivity contribution in [2.75, 3.05) is 13.1 Å². The Labute approximate surface area is 55.3 Å². The topological polar surface area (TPSA) is 70.2 Å². The summed E-state index contributed by atoms with van der Waals surface area (Å²) in [7, 11) is -2.87. The average Bonchev–Trinajstić information content (AvgIpc) is 2.08. The fraction of sp³-hybridized carbons (Fsp3) is 1.00. The Kier molecular flexibility index (Phi) is 1.74. The van der Waals surface area contributed by atoms with Crippen LogP contribution in [-0.4, -0.2) is 21.6 Å². The van der Waals surface area contributed by atoms with E-state index in [2.05, 4.69) is 0 Å². The molecule has 9 heavy (non-hydrogen) atoms. The largest absolute Gasteiger partial charge is 0.232 e. The summed E-state index contributed by atoms with van der Waals surface area (Å²) in [5.74, 6) is 0. The Bertz CT molecular complexity index is 180. The quantitative estimate of drug-likeness (QED) is 0.537. The van der Waals surface area contributed by atoms with E-state index in [4.69, 9.17) is 9.92 Å².